The Morgan fingerprint density at radius 2 is 1.64 bits per heavy atom. The van der Waals surface area contributed by atoms with Crippen LogP contribution in [0.3, 0.4) is 0 Å². The molecule has 0 aliphatic rings. The predicted molar refractivity (Wildman–Crippen MR) is 116 cm³/mol. The number of nitrogens with one attached hydrogen (secondary N) is 1. The summed E-state index contributed by atoms with van der Waals surface area (Å²) in [7, 11) is 5.65. The van der Waals surface area contributed by atoms with E-state index in [0.717, 1.165) is 5.56 Å². The summed E-state index contributed by atoms with van der Waals surface area (Å²) in [6, 6.07) is 12.5. The Hall–Kier alpha value is -4.21. The number of aromatic nitrogens is 1. The van der Waals surface area contributed by atoms with Gasteiger partial charge in [0.1, 0.15) is 6.61 Å². The van der Waals surface area contributed by atoms with Crippen molar-refractivity contribution in [2.45, 2.75) is 13.2 Å². The molecular weight excluding hydrogens is 432 g/mol. The van der Waals surface area contributed by atoms with Crippen LogP contribution in [0, 0.1) is 0 Å². The highest BCUT2D eigenvalue weighted by Gasteiger charge is 2.25. The minimum absolute atomic E-state index is 0.0683. The molecule has 1 N–H and O–H groups in total. The van der Waals surface area contributed by atoms with Gasteiger partial charge in [0, 0.05) is 5.56 Å². The van der Waals surface area contributed by atoms with E-state index in [4.69, 9.17) is 28.1 Å². The highest BCUT2D eigenvalue weighted by molar-refractivity contribution is 5.94. The first-order chi connectivity index (χ1) is 16.0. The molecular formula is C23H24N2O8. The third kappa shape index (κ3) is 5.53. The second-order valence-electron chi connectivity index (χ2n) is 6.61. The van der Waals surface area contributed by atoms with Gasteiger partial charge in [-0.2, -0.15) is 0 Å². The smallest absolute Gasteiger partial charge is 0.407 e. The van der Waals surface area contributed by atoms with Crippen LogP contribution in [0.15, 0.2) is 46.9 Å². The molecule has 0 atom stereocenters. The van der Waals surface area contributed by atoms with Crippen LogP contribution in [-0.4, -0.2) is 45.5 Å². The second kappa shape index (κ2) is 10.9. The van der Waals surface area contributed by atoms with E-state index in [0.29, 0.717) is 22.8 Å². The number of nitrogens with zero attached hydrogens (tertiary/aromatic N) is 1. The molecule has 0 saturated heterocycles. The Morgan fingerprint density at radius 1 is 0.970 bits per heavy atom. The number of hydrogen-bond donors (Lipinski definition) is 1. The number of ether oxygens (including phenoxy) is 5. The van der Waals surface area contributed by atoms with Gasteiger partial charge in [-0.15, -0.1) is 0 Å². The molecule has 10 heteroatoms. The van der Waals surface area contributed by atoms with Crippen molar-refractivity contribution >= 4 is 12.1 Å². The lowest BCUT2D eigenvalue weighted by molar-refractivity contribution is 0.0595. The molecule has 0 bridgehead atoms. The highest BCUT2D eigenvalue weighted by Crippen LogP contribution is 2.42. The van der Waals surface area contributed by atoms with Gasteiger partial charge < -0.3 is 33.4 Å². The van der Waals surface area contributed by atoms with Gasteiger partial charge in [0.05, 0.1) is 35.0 Å². The molecule has 0 aliphatic heterocycles. The summed E-state index contributed by atoms with van der Waals surface area (Å²) >= 11 is 0. The quantitative estimate of drug-likeness (QED) is 0.482. The van der Waals surface area contributed by atoms with E-state index < -0.39 is 12.1 Å². The van der Waals surface area contributed by atoms with Gasteiger partial charge in [0.15, 0.2) is 23.0 Å². The number of carbonyl (C=O) groups excluding carboxylic acids is 2. The predicted octanol–water partition coefficient (Wildman–Crippen LogP) is 3.58. The van der Waals surface area contributed by atoms with Crippen LogP contribution in [-0.2, 0) is 22.6 Å². The number of esters is 1. The molecule has 0 spiro atoms. The minimum atomic E-state index is -0.708. The van der Waals surface area contributed by atoms with Gasteiger partial charge >= 0.3 is 12.1 Å². The number of rotatable bonds is 9. The Kier molecular flexibility index (Phi) is 7.74. The molecule has 1 heterocycles. The molecule has 0 radical (unpaired) electrons. The van der Waals surface area contributed by atoms with Crippen LogP contribution in [0.2, 0.25) is 0 Å². The zero-order chi connectivity index (χ0) is 23.8. The largest absolute Gasteiger partial charge is 0.493 e. The van der Waals surface area contributed by atoms with E-state index in [1.54, 1.807) is 12.1 Å². The van der Waals surface area contributed by atoms with Gasteiger partial charge in [-0.3, -0.25) is 0 Å². The van der Waals surface area contributed by atoms with Gasteiger partial charge in [0.2, 0.25) is 11.6 Å². The molecule has 0 aliphatic carbocycles. The number of amides is 1. The third-order valence-electron chi connectivity index (χ3n) is 4.57. The first kappa shape index (κ1) is 23.5. The zero-order valence-electron chi connectivity index (χ0n) is 18.7. The maximum absolute atomic E-state index is 12.3. The van der Waals surface area contributed by atoms with E-state index in [2.05, 4.69) is 10.3 Å². The summed E-state index contributed by atoms with van der Waals surface area (Å²) in [4.78, 5) is 28.5. The van der Waals surface area contributed by atoms with Crippen molar-refractivity contribution in [1.29, 1.82) is 0 Å². The monoisotopic (exact) mass is 456 g/mol. The Bertz CT molecular complexity index is 1090. The van der Waals surface area contributed by atoms with Gasteiger partial charge in [-0.25, -0.2) is 14.6 Å². The van der Waals surface area contributed by atoms with Crippen LogP contribution in [0.5, 0.6) is 17.2 Å². The van der Waals surface area contributed by atoms with Crippen LogP contribution in [0.4, 0.5) is 4.79 Å². The van der Waals surface area contributed by atoms with E-state index in [-0.39, 0.29) is 30.5 Å². The van der Waals surface area contributed by atoms with Crippen molar-refractivity contribution in [2.75, 3.05) is 28.4 Å². The lowest BCUT2D eigenvalue weighted by atomic mass is 10.1. The van der Waals surface area contributed by atoms with Crippen molar-refractivity contribution in [3.05, 3.63) is 59.6 Å². The van der Waals surface area contributed by atoms with Crippen LogP contribution in [0.25, 0.3) is 11.3 Å². The van der Waals surface area contributed by atoms with E-state index >= 15 is 0 Å². The Balaban J connectivity index is 1.82. The summed E-state index contributed by atoms with van der Waals surface area (Å²) < 4.78 is 31.8. The molecule has 1 aromatic heterocycles. The summed E-state index contributed by atoms with van der Waals surface area (Å²) in [5, 5.41) is 2.54. The Labute approximate surface area is 190 Å². The zero-order valence-corrected chi connectivity index (χ0v) is 18.7. The summed E-state index contributed by atoms with van der Waals surface area (Å²) in [6.07, 6.45) is -0.661. The number of carbonyl (C=O) groups is 2. The molecule has 2 aromatic carbocycles. The summed E-state index contributed by atoms with van der Waals surface area (Å²) in [5.41, 5.74) is 1.22. The van der Waals surface area contributed by atoms with Crippen LogP contribution < -0.4 is 19.5 Å². The first-order valence-electron chi connectivity index (χ1n) is 9.83. The maximum atomic E-state index is 12.3. The molecule has 33 heavy (non-hydrogen) atoms. The molecule has 0 saturated carbocycles. The lowest BCUT2D eigenvalue weighted by Crippen LogP contribution is -2.23. The van der Waals surface area contributed by atoms with Gasteiger partial charge in [-0.1, -0.05) is 30.3 Å². The fourth-order valence-corrected chi connectivity index (χ4v) is 3.00. The van der Waals surface area contributed by atoms with E-state index in [1.165, 1.54) is 28.4 Å². The van der Waals surface area contributed by atoms with E-state index in [9.17, 15) is 9.59 Å². The molecule has 0 unspecified atom stereocenters. The number of alkyl carbamates (subject to hydrolysis) is 1. The van der Waals surface area contributed by atoms with Crippen molar-refractivity contribution in [3.8, 4) is 28.6 Å². The number of methoxy groups -OCH3 is 4. The highest BCUT2D eigenvalue weighted by atomic mass is 16.6. The lowest BCUT2D eigenvalue weighted by Gasteiger charge is -2.13. The molecule has 3 aromatic rings. The molecule has 0 fully saturated rings. The number of oxazole rings is 1. The SMILES string of the molecule is COC(=O)c1nc(CNC(=O)OCc2ccccc2)oc1-c1cc(OC)c(OC)c(OC)c1. The number of benzene rings is 2. The second-order valence-corrected chi connectivity index (χ2v) is 6.61. The van der Waals surface area contributed by atoms with Crippen molar-refractivity contribution in [3.63, 3.8) is 0 Å². The molecule has 10 nitrogen and oxygen atoms in total. The molecule has 1 amide bonds. The average molecular weight is 456 g/mol. The Morgan fingerprint density at radius 3 is 2.21 bits per heavy atom. The fraction of sp³-hybridized carbons (Fsp3) is 0.261. The summed E-state index contributed by atoms with van der Waals surface area (Å²) in [5.74, 6) is 0.601. The average Bonchev–Trinajstić information content (AvgIpc) is 3.29. The van der Waals surface area contributed by atoms with Crippen molar-refractivity contribution < 1.29 is 37.7 Å². The number of hydrogen-bond acceptors (Lipinski definition) is 9. The first-order valence-corrected chi connectivity index (χ1v) is 9.83. The van der Waals surface area contributed by atoms with Crippen molar-refractivity contribution in [1.82, 2.24) is 10.3 Å². The fourth-order valence-electron chi connectivity index (χ4n) is 3.00. The minimum Gasteiger partial charge on any atom is -0.493 e. The van der Waals surface area contributed by atoms with E-state index in [1.807, 2.05) is 30.3 Å². The van der Waals surface area contributed by atoms with Crippen molar-refractivity contribution in [2.24, 2.45) is 0 Å². The normalized spacial score (nSPS) is 10.3. The van der Waals surface area contributed by atoms with Gasteiger partial charge in [-0.05, 0) is 17.7 Å². The molecule has 3 rings (SSSR count). The summed E-state index contributed by atoms with van der Waals surface area (Å²) in [6.45, 7) is 0.00436. The third-order valence-corrected chi connectivity index (χ3v) is 4.57. The van der Waals surface area contributed by atoms with Gasteiger partial charge in [0.25, 0.3) is 0 Å². The topological polar surface area (TPSA) is 118 Å². The van der Waals surface area contributed by atoms with Crippen LogP contribution in [0.1, 0.15) is 21.9 Å². The standard InChI is InChI=1S/C23H24N2O8/c1-28-16-10-15(11-17(29-2)21(16)30-3)20-19(22(26)31-4)25-18(33-20)12-24-23(27)32-13-14-8-6-5-7-9-14/h5-11H,12-13H2,1-4H3,(H,24,27). The molecule has 174 valence electrons. The van der Waals surface area contributed by atoms with Crippen LogP contribution >= 0.6 is 0 Å². The maximum Gasteiger partial charge on any atom is 0.407 e.